The van der Waals surface area contributed by atoms with Gasteiger partial charge in [0.2, 0.25) is 0 Å². The summed E-state index contributed by atoms with van der Waals surface area (Å²) in [6, 6.07) is 5.78. The van der Waals surface area contributed by atoms with Crippen molar-refractivity contribution in [3.63, 3.8) is 0 Å². The molecule has 2 aliphatic heterocycles. The van der Waals surface area contributed by atoms with Crippen LogP contribution < -0.4 is 5.32 Å². The number of piperidine rings is 1. The lowest BCUT2D eigenvalue weighted by molar-refractivity contribution is 0.0111. The van der Waals surface area contributed by atoms with Crippen LogP contribution in [0.3, 0.4) is 0 Å². The zero-order valence-electron chi connectivity index (χ0n) is 13.4. The number of piperazine rings is 1. The van der Waals surface area contributed by atoms with Crippen molar-refractivity contribution in [3.8, 4) is 0 Å². The number of aromatic nitrogens is 1. The van der Waals surface area contributed by atoms with Crippen LogP contribution in [0.1, 0.15) is 38.7 Å². The average molecular weight is 288 g/mol. The lowest BCUT2D eigenvalue weighted by atomic mass is 9.97. The first-order valence-corrected chi connectivity index (χ1v) is 8.43. The molecular weight excluding hydrogens is 260 g/mol. The predicted molar refractivity (Wildman–Crippen MR) is 87.5 cm³/mol. The Morgan fingerprint density at radius 2 is 2.24 bits per heavy atom. The predicted octanol–water partition coefficient (Wildman–Crippen LogP) is 2.57. The molecule has 0 spiro atoms. The molecule has 0 aromatic carbocycles. The Labute approximate surface area is 128 Å². The fourth-order valence-electron chi connectivity index (χ4n) is 3.72. The van der Waals surface area contributed by atoms with E-state index in [1.54, 1.807) is 0 Å². The van der Waals surface area contributed by atoms with Crippen molar-refractivity contribution in [2.24, 2.45) is 0 Å². The number of nitrogens with one attached hydrogen (secondary N) is 1. The summed E-state index contributed by atoms with van der Waals surface area (Å²) in [6.07, 6.45) is 6.10. The molecule has 1 aromatic heterocycles. The zero-order valence-corrected chi connectivity index (χ0v) is 13.4. The van der Waals surface area contributed by atoms with E-state index in [9.17, 15) is 0 Å². The van der Waals surface area contributed by atoms with Crippen LogP contribution in [-0.2, 0) is 6.54 Å². The standard InChI is InChI=1S/C17H28N4/c1-3-18-17-10-15(7-8-19-17)12-21-13-16-6-4-5-9-20(16)11-14(21)2/h7-8,10,14,16H,3-6,9,11-13H2,1-2H3,(H,18,19). The van der Waals surface area contributed by atoms with Crippen LogP contribution >= 0.6 is 0 Å². The number of pyridine rings is 1. The van der Waals surface area contributed by atoms with E-state index in [1.807, 2.05) is 6.20 Å². The van der Waals surface area contributed by atoms with Gasteiger partial charge in [0.05, 0.1) is 0 Å². The molecule has 2 atom stereocenters. The van der Waals surface area contributed by atoms with Gasteiger partial charge in [0.15, 0.2) is 0 Å². The van der Waals surface area contributed by atoms with Crippen molar-refractivity contribution >= 4 is 5.82 Å². The van der Waals surface area contributed by atoms with Gasteiger partial charge in [-0.25, -0.2) is 4.98 Å². The van der Waals surface area contributed by atoms with Gasteiger partial charge < -0.3 is 5.32 Å². The van der Waals surface area contributed by atoms with Crippen molar-refractivity contribution in [2.45, 2.75) is 51.7 Å². The second-order valence-electron chi connectivity index (χ2n) is 6.50. The molecule has 0 radical (unpaired) electrons. The Bertz CT molecular complexity index is 462. The Balaban J connectivity index is 1.65. The molecule has 3 rings (SSSR count). The molecule has 0 aliphatic carbocycles. The van der Waals surface area contributed by atoms with Crippen molar-refractivity contribution in [3.05, 3.63) is 23.9 Å². The maximum Gasteiger partial charge on any atom is 0.126 e. The Kier molecular flexibility index (Phi) is 4.76. The van der Waals surface area contributed by atoms with Gasteiger partial charge in [-0.2, -0.15) is 0 Å². The van der Waals surface area contributed by atoms with Crippen LogP contribution in [-0.4, -0.2) is 53.0 Å². The molecule has 4 nitrogen and oxygen atoms in total. The Morgan fingerprint density at radius 3 is 3.10 bits per heavy atom. The second-order valence-corrected chi connectivity index (χ2v) is 6.50. The quantitative estimate of drug-likeness (QED) is 0.923. The van der Waals surface area contributed by atoms with E-state index >= 15 is 0 Å². The number of nitrogens with zero attached hydrogens (tertiary/aromatic N) is 3. The molecule has 0 saturated carbocycles. The van der Waals surface area contributed by atoms with Crippen molar-refractivity contribution in [2.75, 3.05) is 31.5 Å². The van der Waals surface area contributed by atoms with Gasteiger partial charge in [-0.3, -0.25) is 9.80 Å². The van der Waals surface area contributed by atoms with Gasteiger partial charge in [-0.05, 0) is 50.9 Å². The SMILES string of the molecule is CCNc1cc(CN2CC3CCCCN3CC2C)ccn1. The summed E-state index contributed by atoms with van der Waals surface area (Å²) in [5.74, 6) is 0.999. The van der Waals surface area contributed by atoms with Gasteiger partial charge >= 0.3 is 0 Å². The van der Waals surface area contributed by atoms with E-state index in [1.165, 1.54) is 44.5 Å². The van der Waals surface area contributed by atoms with Gasteiger partial charge in [0.25, 0.3) is 0 Å². The highest BCUT2D eigenvalue weighted by Gasteiger charge is 2.32. The van der Waals surface area contributed by atoms with Gasteiger partial charge in [0, 0.05) is 44.5 Å². The molecule has 21 heavy (non-hydrogen) atoms. The van der Waals surface area contributed by atoms with E-state index in [0.717, 1.165) is 24.9 Å². The molecule has 2 fully saturated rings. The third-order valence-corrected chi connectivity index (χ3v) is 4.88. The van der Waals surface area contributed by atoms with E-state index < -0.39 is 0 Å². The lowest BCUT2D eigenvalue weighted by Crippen LogP contribution is -2.58. The molecule has 2 unspecified atom stereocenters. The summed E-state index contributed by atoms with van der Waals surface area (Å²) in [4.78, 5) is 9.73. The van der Waals surface area contributed by atoms with Crippen LogP contribution in [0, 0.1) is 0 Å². The highest BCUT2D eigenvalue weighted by molar-refractivity contribution is 5.37. The first kappa shape index (κ1) is 14.8. The molecule has 1 N–H and O–H groups in total. The van der Waals surface area contributed by atoms with E-state index in [-0.39, 0.29) is 0 Å². The summed E-state index contributed by atoms with van der Waals surface area (Å²) in [6.45, 7) is 10.2. The number of hydrogen-bond acceptors (Lipinski definition) is 4. The molecular formula is C17H28N4. The summed E-state index contributed by atoms with van der Waals surface area (Å²) < 4.78 is 0. The highest BCUT2D eigenvalue weighted by atomic mass is 15.3. The summed E-state index contributed by atoms with van der Waals surface area (Å²) in [5.41, 5.74) is 1.37. The second kappa shape index (κ2) is 6.75. The van der Waals surface area contributed by atoms with E-state index in [0.29, 0.717) is 6.04 Å². The minimum Gasteiger partial charge on any atom is -0.370 e. The zero-order chi connectivity index (χ0) is 14.7. The number of fused-ring (bicyclic) bond motifs is 1. The van der Waals surface area contributed by atoms with Crippen molar-refractivity contribution in [1.29, 1.82) is 0 Å². The van der Waals surface area contributed by atoms with Crippen LogP contribution in [0.2, 0.25) is 0 Å². The normalized spacial score (nSPS) is 27.3. The van der Waals surface area contributed by atoms with Gasteiger partial charge in [-0.1, -0.05) is 6.42 Å². The molecule has 1 aromatic rings. The Hall–Kier alpha value is -1.13. The molecule has 3 heterocycles. The van der Waals surface area contributed by atoms with Crippen LogP contribution in [0.15, 0.2) is 18.3 Å². The molecule has 4 heteroatoms. The smallest absolute Gasteiger partial charge is 0.126 e. The first-order valence-electron chi connectivity index (χ1n) is 8.43. The Morgan fingerprint density at radius 1 is 1.33 bits per heavy atom. The maximum atomic E-state index is 4.37. The molecule has 2 aliphatic rings. The number of hydrogen-bond donors (Lipinski definition) is 1. The van der Waals surface area contributed by atoms with Crippen molar-refractivity contribution in [1.82, 2.24) is 14.8 Å². The summed E-state index contributed by atoms with van der Waals surface area (Å²) in [7, 11) is 0. The highest BCUT2D eigenvalue weighted by Crippen LogP contribution is 2.25. The summed E-state index contributed by atoms with van der Waals surface area (Å²) >= 11 is 0. The van der Waals surface area contributed by atoms with Gasteiger partial charge in [-0.15, -0.1) is 0 Å². The number of anilines is 1. The van der Waals surface area contributed by atoms with E-state index in [2.05, 4.69) is 46.1 Å². The van der Waals surface area contributed by atoms with Gasteiger partial charge in [0.1, 0.15) is 5.82 Å². The third kappa shape index (κ3) is 3.55. The minimum atomic E-state index is 0.648. The first-order chi connectivity index (χ1) is 10.3. The van der Waals surface area contributed by atoms with Crippen molar-refractivity contribution < 1.29 is 0 Å². The lowest BCUT2D eigenvalue weighted by Gasteiger charge is -2.47. The molecule has 2 saturated heterocycles. The van der Waals surface area contributed by atoms with E-state index in [4.69, 9.17) is 0 Å². The average Bonchev–Trinajstić information content (AvgIpc) is 2.49. The monoisotopic (exact) mass is 288 g/mol. The largest absolute Gasteiger partial charge is 0.370 e. The third-order valence-electron chi connectivity index (χ3n) is 4.88. The molecule has 0 amide bonds. The minimum absolute atomic E-state index is 0.648. The maximum absolute atomic E-state index is 4.37. The molecule has 0 bridgehead atoms. The number of rotatable bonds is 4. The van der Waals surface area contributed by atoms with Crippen LogP contribution in [0.4, 0.5) is 5.82 Å². The fourth-order valence-corrected chi connectivity index (χ4v) is 3.72. The topological polar surface area (TPSA) is 31.4 Å². The van der Waals surface area contributed by atoms with Crippen LogP contribution in [0.5, 0.6) is 0 Å². The van der Waals surface area contributed by atoms with Crippen LogP contribution in [0.25, 0.3) is 0 Å². The summed E-state index contributed by atoms with van der Waals surface area (Å²) in [5, 5.41) is 3.30. The molecule has 116 valence electrons. The fraction of sp³-hybridized carbons (Fsp3) is 0.706.